The zero-order chi connectivity index (χ0) is 20.6. The molecule has 0 radical (unpaired) electrons. The third kappa shape index (κ3) is 5.27. The molecule has 1 rings (SSSR count). The molecule has 0 spiro atoms. The van der Waals surface area contributed by atoms with Crippen LogP contribution < -0.4 is 13.6 Å². The van der Waals surface area contributed by atoms with E-state index in [1.165, 1.54) is 0 Å². The first-order valence-electron chi connectivity index (χ1n) is 8.84. The number of hydrogen-bond donors (Lipinski definition) is 0. The van der Waals surface area contributed by atoms with Crippen LogP contribution in [0.3, 0.4) is 0 Å². The molecule has 0 saturated heterocycles. The van der Waals surface area contributed by atoms with Crippen LogP contribution in [-0.2, 0) is 4.79 Å². The second-order valence-corrected chi connectivity index (χ2v) is 19.5. The van der Waals surface area contributed by atoms with Crippen LogP contribution in [0.15, 0.2) is 12.1 Å². The highest BCUT2D eigenvalue weighted by Gasteiger charge is 2.42. The first-order valence-corrected chi connectivity index (χ1v) is 15.0. The number of rotatable bonds is 6. The molecule has 0 N–H and O–H groups in total. The second kappa shape index (κ2) is 7.56. The van der Waals surface area contributed by atoms with Gasteiger partial charge in [-0.25, -0.2) is 0 Å². The molecule has 0 aromatic heterocycles. The molecule has 0 saturated carbocycles. The Morgan fingerprint density at radius 3 is 1.77 bits per heavy atom. The van der Waals surface area contributed by atoms with Gasteiger partial charge in [0.05, 0.1) is 5.02 Å². The van der Waals surface area contributed by atoms with Crippen LogP contribution in [0, 0.1) is 0 Å². The van der Waals surface area contributed by atoms with Crippen LogP contribution in [0.1, 0.15) is 41.5 Å². The molecule has 0 unspecified atom stereocenters. The predicted molar refractivity (Wildman–Crippen MR) is 114 cm³/mol. The molecule has 0 aliphatic carbocycles. The molecular formula is C19H33ClO4Si2. The highest BCUT2D eigenvalue weighted by atomic mass is 35.5. The summed E-state index contributed by atoms with van der Waals surface area (Å²) in [6.45, 7) is 22.0. The van der Waals surface area contributed by atoms with Gasteiger partial charge >= 0.3 is 0 Å². The van der Waals surface area contributed by atoms with Crippen molar-refractivity contribution < 1.29 is 18.4 Å². The second-order valence-electron chi connectivity index (χ2n) is 9.67. The van der Waals surface area contributed by atoms with Crippen molar-refractivity contribution in [1.82, 2.24) is 0 Å². The van der Waals surface area contributed by atoms with E-state index in [9.17, 15) is 4.79 Å². The molecule has 0 heterocycles. The summed E-state index contributed by atoms with van der Waals surface area (Å²) in [5.41, 5.74) is 0. The largest absolute Gasteiger partial charge is 0.541 e. The van der Waals surface area contributed by atoms with Gasteiger partial charge in [-0.1, -0.05) is 53.1 Å². The van der Waals surface area contributed by atoms with E-state index in [2.05, 4.69) is 67.7 Å². The maximum Gasteiger partial charge on any atom is 0.298 e. The lowest BCUT2D eigenvalue weighted by Crippen LogP contribution is -2.45. The minimum atomic E-state index is -2.13. The van der Waals surface area contributed by atoms with E-state index in [4.69, 9.17) is 25.2 Å². The summed E-state index contributed by atoms with van der Waals surface area (Å²) in [6, 6.07) is 3.29. The summed E-state index contributed by atoms with van der Waals surface area (Å²) in [5.74, 6) is 1.44. The third-order valence-corrected chi connectivity index (χ3v) is 14.5. The van der Waals surface area contributed by atoms with Gasteiger partial charge in [0.1, 0.15) is 5.75 Å². The van der Waals surface area contributed by atoms with E-state index in [0.29, 0.717) is 28.7 Å². The van der Waals surface area contributed by atoms with E-state index < -0.39 is 16.6 Å². The first-order chi connectivity index (χ1) is 11.5. The third-order valence-electron chi connectivity index (χ3n) is 5.50. The van der Waals surface area contributed by atoms with Crippen molar-refractivity contribution in [2.24, 2.45) is 0 Å². The topological polar surface area (TPSA) is 44.8 Å². The van der Waals surface area contributed by atoms with Gasteiger partial charge in [0.25, 0.3) is 23.1 Å². The molecular weight excluding hydrogens is 384 g/mol. The van der Waals surface area contributed by atoms with Crippen molar-refractivity contribution in [2.75, 3.05) is 0 Å². The summed E-state index contributed by atoms with van der Waals surface area (Å²) in [4.78, 5) is 10.8. The summed E-state index contributed by atoms with van der Waals surface area (Å²) in [5, 5.41) is 0.417. The normalized spacial score (nSPS) is 13.3. The van der Waals surface area contributed by atoms with E-state index in [1.807, 2.05) is 0 Å². The average Bonchev–Trinajstić information content (AvgIpc) is 2.40. The van der Waals surface area contributed by atoms with Crippen molar-refractivity contribution in [3.63, 3.8) is 0 Å². The molecule has 0 amide bonds. The van der Waals surface area contributed by atoms with Crippen molar-refractivity contribution in [1.29, 1.82) is 0 Å². The van der Waals surface area contributed by atoms with Gasteiger partial charge < -0.3 is 13.6 Å². The van der Waals surface area contributed by atoms with Crippen molar-refractivity contribution in [3.05, 3.63) is 17.2 Å². The monoisotopic (exact) mass is 416 g/mol. The average molecular weight is 417 g/mol. The molecule has 0 aliphatic heterocycles. The fraction of sp³-hybridized carbons (Fsp3) is 0.632. The van der Waals surface area contributed by atoms with Crippen LogP contribution in [0.25, 0.3) is 0 Å². The minimum absolute atomic E-state index is 0.00917. The summed E-state index contributed by atoms with van der Waals surface area (Å²) >= 11 is 6.51. The van der Waals surface area contributed by atoms with E-state index in [0.717, 1.165) is 0 Å². The fourth-order valence-electron chi connectivity index (χ4n) is 1.68. The summed E-state index contributed by atoms with van der Waals surface area (Å²) < 4.78 is 18.0. The standard InChI is InChI=1S/C19H33ClO4Si2/c1-18(2,3)25(7,8)23-16-12-14(22-13-21)11-15(20)17(16)24-26(9,10)19(4,5)6/h11-13H,1-10H3. The number of ether oxygens (including phenoxy) is 1. The highest BCUT2D eigenvalue weighted by Crippen LogP contribution is 2.47. The van der Waals surface area contributed by atoms with Crippen molar-refractivity contribution in [2.45, 2.75) is 77.8 Å². The Hall–Kier alpha value is -0.986. The van der Waals surface area contributed by atoms with E-state index in [-0.39, 0.29) is 10.1 Å². The molecule has 1 aromatic rings. The zero-order valence-electron chi connectivity index (χ0n) is 17.7. The van der Waals surface area contributed by atoms with Crippen molar-refractivity contribution >= 4 is 34.7 Å². The summed E-state index contributed by atoms with van der Waals surface area (Å²) in [7, 11) is -4.26. The van der Waals surface area contributed by atoms with Gasteiger partial charge in [0, 0.05) is 12.1 Å². The first kappa shape index (κ1) is 23.1. The van der Waals surface area contributed by atoms with Gasteiger partial charge in [-0.3, -0.25) is 4.79 Å². The van der Waals surface area contributed by atoms with Crippen molar-refractivity contribution in [3.8, 4) is 17.2 Å². The van der Waals surface area contributed by atoms with Gasteiger partial charge in [0.2, 0.25) is 0 Å². The molecule has 0 aliphatic rings. The van der Waals surface area contributed by atoms with Crippen LogP contribution in [0.2, 0.25) is 41.3 Å². The van der Waals surface area contributed by atoms with Crippen LogP contribution in [0.5, 0.6) is 17.2 Å². The molecule has 4 nitrogen and oxygen atoms in total. The van der Waals surface area contributed by atoms with Crippen LogP contribution >= 0.6 is 11.6 Å². The maximum atomic E-state index is 10.8. The molecule has 0 fully saturated rings. The molecule has 148 valence electrons. The van der Waals surface area contributed by atoms with Gasteiger partial charge in [-0.15, -0.1) is 0 Å². The van der Waals surface area contributed by atoms with Gasteiger partial charge in [-0.05, 0) is 36.3 Å². The van der Waals surface area contributed by atoms with Crippen LogP contribution in [-0.4, -0.2) is 23.1 Å². The van der Waals surface area contributed by atoms with E-state index in [1.54, 1.807) is 12.1 Å². The van der Waals surface area contributed by atoms with Crippen LogP contribution in [0.4, 0.5) is 0 Å². The Bertz CT molecular complexity index is 659. The Balaban J connectivity index is 3.47. The zero-order valence-corrected chi connectivity index (χ0v) is 20.5. The Morgan fingerprint density at radius 1 is 0.885 bits per heavy atom. The smallest absolute Gasteiger partial charge is 0.298 e. The Labute approximate surface area is 165 Å². The SMILES string of the molecule is CC(C)(C)[Si](C)(C)Oc1cc(OC=O)cc(Cl)c1O[Si](C)(C)C(C)(C)C. The molecule has 0 atom stereocenters. The number of halogens is 1. The maximum absolute atomic E-state index is 10.8. The molecule has 26 heavy (non-hydrogen) atoms. The Kier molecular flexibility index (Phi) is 6.70. The number of carbonyl (C=O) groups excluding carboxylic acids is 1. The Morgan fingerprint density at radius 2 is 1.35 bits per heavy atom. The summed E-state index contributed by atoms with van der Waals surface area (Å²) in [6.07, 6.45) is 0. The lowest BCUT2D eigenvalue weighted by Gasteiger charge is -2.40. The highest BCUT2D eigenvalue weighted by molar-refractivity contribution is 6.75. The van der Waals surface area contributed by atoms with E-state index >= 15 is 0 Å². The molecule has 1 aromatic carbocycles. The lowest BCUT2D eigenvalue weighted by atomic mass is 10.2. The van der Waals surface area contributed by atoms with Gasteiger partial charge in [-0.2, -0.15) is 0 Å². The number of benzene rings is 1. The fourth-order valence-corrected chi connectivity index (χ4v) is 4.02. The molecule has 0 bridgehead atoms. The molecule has 7 heteroatoms. The predicted octanol–water partition coefficient (Wildman–Crippen LogP) is 6.64. The number of carbonyl (C=O) groups is 1. The number of hydrogen-bond acceptors (Lipinski definition) is 4. The minimum Gasteiger partial charge on any atom is -0.541 e. The lowest BCUT2D eigenvalue weighted by molar-refractivity contribution is -0.120. The van der Waals surface area contributed by atoms with Gasteiger partial charge in [0.15, 0.2) is 11.5 Å². The quantitative estimate of drug-likeness (QED) is 0.385.